The molecule has 0 atom stereocenters. The molecule has 0 N–H and O–H groups in total. The zero-order chi connectivity index (χ0) is 13.4. The maximum atomic E-state index is 4.38. The SMILES string of the molecule is c1ccc2c(c1)ncn2SSn1cnc2ccccc21. The second kappa shape index (κ2) is 4.88. The smallest absolute Gasteiger partial charge is 0.107 e. The van der Waals surface area contributed by atoms with Crippen LogP contribution in [0.15, 0.2) is 61.2 Å². The van der Waals surface area contributed by atoms with Gasteiger partial charge in [0.25, 0.3) is 0 Å². The summed E-state index contributed by atoms with van der Waals surface area (Å²) in [6.07, 6.45) is 3.70. The van der Waals surface area contributed by atoms with Crippen LogP contribution >= 0.6 is 22.0 Å². The second-order valence-electron chi connectivity index (χ2n) is 4.27. The molecule has 2 heterocycles. The van der Waals surface area contributed by atoms with Crippen molar-refractivity contribution >= 4 is 44.0 Å². The van der Waals surface area contributed by atoms with Gasteiger partial charge in [0.2, 0.25) is 0 Å². The highest BCUT2D eigenvalue weighted by atomic mass is 33.1. The Balaban J connectivity index is 1.64. The van der Waals surface area contributed by atoms with Gasteiger partial charge in [0, 0.05) is 0 Å². The highest BCUT2D eigenvalue weighted by Gasteiger charge is 2.05. The van der Waals surface area contributed by atoms with E-state index in [9.17, 15) is 0 Å². The molecule has 0 amide bonds. The van der Waals surface area contributed by atoms with Gasteiger partial charge in [-0.25, -0.2) is 9.97 Å². The van der Waals surface area contributed by atoms with Crippen molar-refractivity contribution in [1.29, 1.82) is 0 Å². The highest BCUT2D eigenvalue weighted by Crippen LogP contribution is 2.31. The molecule has 0 aliphatic rings. The molecule has 20 heavy (non-hydrogen) atoms. The van der Waals surface area contributed by atoms with Crippen LogP contribution in [0.3, 0.4) is 0 Å². The molecule has 0 saturated heterocycles. The maximum Gasteiger partial charge on any atom is 0.107 e. The van der Waals surface area contributed by atoms with Crippen LogP contribution in [0.5, 0.6) is 0 Å². The first-order chi connectivity index (χ1) is 9.92. The van der Waals surface area contributed by atoms with Crippen LogP contribution in [-0.2, 0) is 0 Å². The number of hydrogen-bond donors (Lipinski definition) is 0. The van der Waals surface area contributed by atoms with E-state index in [4.69, 9.17) is 0 Å². The van der Waals surface area contributed by atoms with E-state index in [2.05, 4.69) is 30.0 Å². The molecule has 4 nitrogen and oxygen atoms in total. The monoisotopic (exact) mass is 298 g/mol. The van der Waals surface area contributed by atoms with Crippen LogP contribution < -0.4 is 0 Å². The number of para-hydroxylation sites is 4. The minimum Gasteiger partial charge on any atom is -0.261 e. The average molecular weight is 298 g/mol. The normalized spacial score (nSPS) is 11.4. The van der Waals surface area contributed by atoms with Crippen LogP contribution in [0, 0.1) is 0 Å². The zero-order valence-corrected chi connectivity index (χ0v) is 12.0. The van der Waals surface area contributed by atoms with Gasteiger partial charge in [-0.05, 0) is 24.3 Å². The Bertz CT molecular complexity index is 807. The predicted molar refractivity (Wildman–Crippen MR) is 85.4 cm³/mol. The Kier molecular flexibility index (Phi) is 2.90. The summed E-state index contributed by atoms with van der Waals surface area (Å²) >= 11 is 0. The van der Waals surface area contributed by atoms with Crippen molar-refractivity contribution in [2.24, 2.45) is 0 Å². The second-order valence-corrected chi connectivity index (χ2v) is 6.25. The topological polar surface area (TPSA) is 35.6 Å². The Hall–Kier alpha value is -1.92. The third-order valence-electron chi connectivity index (χ3n) is 3.04. The molecule has 0 radical (unpaired) electrons. The first-order valence-corrected chi connectivity index (χ1v) is 8.18. The van der Waals surface area contributed by atoms with Gasteiger partial charge in [0.05, 0.1) is 44.0 Å². The van der Waals surface area contributed by atoms with Crippen LogP contribution in [0.1, 0.15) is 0 Å². The number of nitrogens with zero attached hydrogens (tertiary/aromatic N) is 4. The molecular formula is C14H10N4S2. The van der Waals surface area contributed by atoms with Gasteiger partial charge < -0.3 is 0 Å². The van der Waals surface area contributed by atoms with E-state index < -0.39 is 0 Å². The lowest BCUT2D eigenvalue weighted by atomic mass is 10.3. The van der Waals surface area contributed by atoms with Gasteiger partial charge in [0.1, 0.15) is 12.7 Å². The van der Waals surface area contributed by atoms with E-state index in [1.54, 1.807) is 22.0 Å². The number of aromatic nitrogens is 4. The summed E-state index contributed by atoms with van der Waals surface area (Å²) in [5, 5.41) is 0. The Labute approximate surface area is 123 Å². The van der Waals surface area contributed by atoms with Crippen molar-refractivity contribution in [2.45, 2.75) is 0 Å². The van der Waals surface area contributed by atoms with Crippen molar-refractivity contribution < 1.29 is 0 Å². The van der Waals surface area contributed by atoms with Crippen LogP contribution in [0.4, 0.5) is 0 Å². The number of benzene rings is 2. The van der Waals surface area contributed by atoms with Crippen molar-refractivity contribution in [3.05, 3.63) is 61.2 Å². The molecule has 2 aromatic carbocycles. The van der Waals surface area contributed by atoms with E-state index >= 15 is 0 Å². The minimum atomic E-state index is 1.01. The van der Waals surface area contributed by atoms with Gasteiger partial charge in [-0.15, -0.1) is 0 Å². The van der Waals surface area contributed by atoms with E-state index in [0.717, 1.165) is 22.1 Å². The summed E-state index contributed by atoms with van der Waals surface area (Å²) in [7, 11) is 3.25. The molecule has 0 aliphatic heterocycles. The van der Waals surface area contributed by atoms with Gasteiger partial charge >= 0.3 is 0 Å². The summed E-state index contributed by atoms with van der Waals surface area (Å²) < 4.78 is 4.13. The minimum absolute atomic E-state index is 1.01. The van der Waals surface area contributed by atoms with E-state index in [-0.39, 0.29) is 0 Å². The number of hydrogen-bond acceptors (Lipinski definition) is 4. The Morgan fingerprint density at radius 1 is 0.650 bits per heavy atom. The van der Waals surface area contributed by atoms with E-state index in [1.165, 1.54) is 0 Å². The maximum absolute atomic E-state index is 4.38. The van der Waals surface area contributed by atoms with Crippen molar-refractivity contribution in [3.63, 3.8) is 0 Å². The molecule has 0 saturated carbocycles. The largest absolute Gasteiger partial charge is 0.261 e. The van der Waals surface area contributed by atoms with E-state index in [1.807, 2.05) is 49.1 Å². The summed E-state index contributed by atoms with van der Waals surface area (Å²) in [6.45, 7) is 0. The van der Waals surface area contributed by atoms with Crippen molar-refractivity contribution in [2.75, 3.05) is 0 Å². The number of rotatable bonds is 3. The summed E-state index contributed by atoms with van der Waals surface area (Å²) in [4.78, 5) is 8.77. The summed E-state index contributed by atoms with van der Waals surface area (Å²) in [5.41, 5.74) is 4.26. The Morgan fingerprint density at radius 3 is 1.60 bits per heavy atom. The molecule has 0 bridgehead atoms. The number of fused-ring (bicyclic) bond motifs is 2. The summed E-state index contributed by atoms with van der Waals surface area (Å²) in [5.74, 6) is 0. The van der Waals surface area contributed by atoms with Gasteiger partial charge in [-0.1, -0.05) is 24.3 Å². The van der Waals surface area contributed by atoms with Gasteiger partial charge in [-0.3, -0.25) is 7.94 Å². The molecule has 4 rings (SSSR count). The molecule has 0 spiro atoms. The van der Waals surface area contributed by atoms with Crippen molar-refractivity contribution in [3.8, 4) is 0 Å². The zero-order valence-electron chi connectivity index (χ0n) is 10.4. The lowest BCUT2D eigenvalue weighted by Crippen LogP contribution is -1.85. The van der Waals surface area contributed by atoms with Crippen LogP contribution in [-0.4, -0.2) is 17.9 Å². The lowest BCUT2D eigenvalue weighted by molar-refractivity contribution is 1.26. The number of imidazole rings is 2. The van der Waals surface area contributed by atoms with Gasteiger partial charge in [0.15, 0.2) is 0 Å². The summed E-state index contributed by atoms with van der Waals surface area (Å²) in [6, 6.07) is 16.2. The third-order valence-corrected chi connectivity index (χ3v) is 5.17. The quantitative estimate of drug-likeness (QED) is 0.536. The Morgan fingerprint density at radius 2 is 1.10 bits per heavy atom. The molecule has 0 aliphatic carbocycles. The third kappa shape index (κ3) is 1.97. The molecule has 4 aromatic rings. The highest BCUT2D eigenvalue weighted by molar-refractivity contribution is 8.75. The van der Waals surface area contributed by atoms with Gasteiger partial charge in [-0.2, -0.15) is 0 Å². The average Bonchev–Trinajstić information content (AvgIpc) is 3.09. The standard InChI is InChI=1S/C14H10N4S2/c1-3-7-13-11(5-1)15-9-17(13)19-20-18-10-16-12-6-2-4-8-14(12)18/h1-10H. The molecule has 2 aromatic heterocycles. The van der Waals surface area contributed by atoms with Crippen molar-refractivity contribution in [1.82, 2.24) is 17.9 Å². The fraction of sp³-hybridized carbons (Fsp3) is 0. The lowest BCUT2D eigenvalue weighted by Gasteiger charge is -2.03. The van der Waals surface area contributed by atoms with E-state index in [0.29, 0.717) is 0 Å². The molecule has 0 fully saturated rings. The fourth-order valence-corrected chi connectivity index (χ4v) is 3.99. The van der Waals surface area contributed by atoms with Crippen LogP contribution in [0.2, 0.25) is 0 Å². The van der Waals surface area contributed by atoms with Crippen LogP contribution in [0.25, 0.3) is 22.1 Å². The fourth-order valence-electron chi connectivity index (χ4n) is 2.06. The molecule has 0 unspecified atom stereocenters. The molecular weight excluding hydrogens is 288 g/mol. The molecule has 98 valence electrons. The first kappa shape index (κ1) is 11.9. The predicted octanol–water partition coefficient (Wildman–Crippen LogP) is 3.99. The molecule has 6 heteroatoms. The first-order valence-electron chi connectivity index (χ1n) is 6.11.